The highest BCUT2D eigenvalue weighted by molar-refractivity contribution is 9.10. The highest BCUT2D eigenvalue weighted by atomic mass is 79.9. The van der Waals surface area contributed by atoms with Crippen LogP contribution in [0, 0.1) is 11.3 Å². The third-order valence-electron chi connectivity index (χ3n) is 3.03. The van der Waals surface area contributed by atoms with Crippen LogP contribution in [0.4, 0.5) is 11.5 Å². The number of fused-ring (bicyclic) bond motifs is 1. The molecule has 0 aliphatic rings. The van der Waals surface area contributed by atoms with Crippen molar-refractivity contribution in [2.24, 2.45) is 0 Å². The van der Waals surface area contributed by atoms with E-state index in [1.165, 1.54) is 0 Å². The Hall–Kier alpha value is -2.39. The third-order valence-corrected chi connectivity index (χ3v) is 3.41. The summed E-state index contributed by atoms with van der Waals surface area (Å²) >= 11 is 3.39. The number of rotatable bonds is 2. The molecule has 2 aromatic heterocycles. The van der Waals surface area contributed by atoms with Crippen LogP contribution in [0.3, 0.4) is 0 Å². The van der Waals surface area contributed by atoms with Crippen LogP contribution in [0.1, 0.15) is 5.56 Å². The van der Waals surface area contributed by atoms with Gasteiger partial charge in [-0.25, -0.2) is 9.97 Å². The van der Waals surface area contributed by atoms with E-state index < -0.39 is 0 Å². The minimum absolute atomic E-state index is 0.599. The zero-order valence-corrected chi connectivity index (χ0v) is 12.2. The van der Waals surface area contributed by atoms with Crippen molar-refractivity contribution in [1.82, 2.24) is 14.4 Å². The van der Waals surface area contributed by atoms with E-state index in [1.54, 1.807) is 12.3 Å². The van der Waals surface area contributed by atoms with Gasteiger partial charge in [-0.05, 0) is 28.1 Å². The lowest BCUT2D eigenvalue weighted by Gasteiger charge is -2.20. The number of hydrogen-bond donors (Lipinski definition) is 0. The summed E-state index contributed by atoms with van der Waals surface area (Å²) in [6.45, 7) is 0. The van der Waals surface area contributed by atoms with E-state index >= 15 is 0 Å². The summed E-state index contributed by atoms with van der Waals surface area (Å²) in [6, 6.07) is 9.61. The van der Waals surface area contributed by atoms with E-state index in [2.05, 4.69) is 32.0 Å². The van der Waals surface area contributed by atoms with Gasteiger partial charge in [0.25, 0.3) is 0 Å². The van der Waals surface area contributed by atoms with Crippen LogP contribution in [-0.4, -0.2) is 21.4 Å². The highest BCUT2D eigenvalue weighted by Crippen LogP contribution is 2.28. The summed E-state index contributed by atoms with van der Waals surface area (Å²) < 4.78 is 2.59. The monoisotopic (exact) mass is 327 g/mol. The number of nitriles is 1. The molecule has 6 heteroatoms. The van der Waals surface area contributed by atoms with Gasteiger partial charge in [-0.15, -0.1) is 0 Å². The topological polar surface area (TPSA) is 57.2 Å². The summed E-state index contributed by atoms with van der Waals surface area (Å²) in [4.78, 5) is 10.7. The standard InChI is InChI=1S/C14H10BrN5/c1-19(11-5-3-2-4-10(11)8-16)14-13-17-6-7-20(13)9-12(15)18-14/h2-7,9H,1H3. The number of halogens is 1. The van der Waals surface area contributed by atoms with Crippen molar-refractivity contribution in [1.29, 1.82) is 5.26 Å². The molecule has 2 heterocycles. The molecule has 5 nitrogen and oxygen atoms in total. The predicted octanol–water partition coefficient (Wildman–Crippen LogP) is 3.13. The zero-order chi connectivity index (χ0) is 14.1. The molecule has 0 atom stereocenters. The van der Waals surface area contributed by atoms with Gasteiger partial charge in [0, 0.05) is 25.6 Å². The Balaban J connectivity index is 2.20. The molecule has 0 bridgehead atoms. The third kappa shape index (κ3) is 2.02. The molecule has 20 heavy (non-hydrogen) atoms. The van der Waals surface area contributed by atoms with Gasteiger partial charge in [0.1, 0.15) is 10.7 Å². The smallest absolute Gasteiger partial charge is 0.180 e. The molecule has 1 aromatic carbocycles. The van der Waals surface area contributed by atoms with E-state index in [-0.39, 0.29) is 0 Å². The number of anilines is 2. The highest BCUT2D eigenvalue weighted by Gasteiger charge is 2.15. The van der Waals surface area contributed by atoms with Crippen LogP contribution >= 0.6 is 15.9 Å². The molecular weight excluding hydrogens is 318 g/mol. The number of aromatic nitrogens is 3. The first kappa shape index (κ1) is 12.6. The second-order valence-electron chi connectivity index (χ2n) is 4.23. The summed E-state index contributed by atoms with van der Waals surface area (Å²) in [5.41, 5.74) is 2.13. The number of imidazole rings is 1. The zero-order valence-electron chi connectivity index (χ0n) is 10.7. The first-order chi connectivity index (χ1) is 9.70. The Bertz CT molecular complexity index is 818. The second kappa shape index (κ2) is 4.94. The Morgan fingerprint density at radius 1 is 1.35 bits per heavy atom. The fourth-order valence-electron chi connectivity index (χ4n) is 2.08. The lowest BCUT2D eigenvalue weighted by Crippen LogP contribution is -2.14. The molecule has 0 N–H and O–H groups in total. The lowest BCUT2D eigenvalue weighted by molar-refractivity contribution is 1.05. The molecule has 0 radical (unpaired) electrons. The molecule has 0 saturated heterocycles. The van der Waals surface area contributed by atoms with Crippen LogP contribution in [0.5, 0.6) is 0 Å². The van der Waals surface area contributed by atoms with Gasteiger partial charge in [-0.2, -0.15) is 5.26 Å². The molecule has 3 aromatic rings. The summed E-state index contributed by atoms with van der Waals surface area (Å²) in [7, 11) is 1.87. The molecule has 0 amide bonds. The lowest BCUT2D eigenvalue weighted by atomic mass is 10.2. The predicted molar refractivity (Wildman–Crippen MR) is 79.9 cm³/mol. The van der Waals surface area contributed by atoms with E-state index in [0.29, 0.717) is 16.0 Å². The van der Waals surface area contributed by atoms with E-state index in [4.69, 9.17) is 0 Å². The van der Waals surface area contributed by atoms with Crippen LogP contribution in [-0.2, 0) is 0 Å². The molecule has 0 aliphatic carbocycles. The fraction of sp³-hybridized carbons (Fsp3) is 0.0714. The number of nitrogens with zero attached hydrogens (tertiary/aromatic N) is 5. The van der Waals surface area contributed by atoms with E-state index in [0.717, 1.165) is 11.3 Å². The van der Waals surface area contributed by atoms with Crippen LogP contribution in [0.25, 0.3) is 5.65 Å². The van der Waals surface area contributed by atoms with E-state index in [1.807, 2.05) is 46.9 Å². The van der Waals surface area contributed by atoms with E-state index in [9.17, 15) is 5.26 Å². The Morgan fingerprint density at radius 2 is 2.15 bits per heavy atom. The Kier molecular flexibility index (Phi) is 3.12. The van der Waals surface area contributed by atoms with Gasteiger partial charge in [0.05, 0.1) is 11.3 Å². The summed E-state index contributed by atoms with van der Waals surface area (Å²) in [6.07, 6.45) is 5.42. The quantitative estimate of drug-likeness (QED) is 0.725. The second-order valence-corrected chi connectivity index (χ2v) is 5.05. The summed E-state index contributed by atoms with van der Waals surface area (Å²) in [5.74, 6) is 0.687. The van der Waals surface area contributed by atoms with Crippen molar-refractivity contribution in [3.8, 4) is 6.07 Å². The van der Waals surface area contributed by atoms with Gasteiger partial charge in [0.15, 0.2) is 11.5 Å². The van der Waals surface area contributed by atoms with Crippen molar-refractivity contribution in [2.75, 3.05) is 11.9 Å². The van der Waals surface area contributed by atoms with Crippen molar-refractivity contribution < 1.29 is 0 Å². The normalized spacial score (nSPS) is 10.4. The Labute approximate surface area is 124 Å². The van der Waals surface area contributed by atoms with Gasteiger partial charge in [0.2, 0.25) is 0 Å². The van der Waals surface area contributed by atoms with Gasteiger partial charge in [-0.3, -0.25) is 0 Å². The maximum absolute atomic E-state index is 9.21. The number of benzene rings is 1. The largest absolute Gasteiger partial charge is 0.325 e. The molecule has 0 fully saturated rings. The molecular formula is C14H10BrN5. The minimum Gasteiger partial charge on any atom is -0.325 e. The van der Waals surface area contributed by atoms with Gasteiger partial charge >= 0.3 is 0 Å². The Morgan fingerprint density at radius 3 is 2.95 bits per heavy atom. The van der Waals surface area contributed by atoms with Crippen molar-refractivity contribution in [3.63, 3.8) is 0 Å². The maximum Gasteiger partial charge on any atom is 0.180 e. The fourth-order valence-corrected chi connectivity index (χ4v) is 2.47. The molecule has 3 rings (SSSR count). The van der Waals surface area contributed by atoms with Crippen molar-refractivity contribution in [3.05, 3.63) is 53.0 Å². The van der Waals surface area contributed by atoms with Crippen LogP contribution < -0.4 is 4.90 Å². The first-order valence-electron chi connectivity index (χ1n) is 5.93. The minimum atomic E-state index is 0.599. The molecule has 0 spiro atoms. The van der Waals surface area contributed by atoms with Crippen molar-refractivity contribution in [2.45, 2.75) is 0 Å². The maximum atomic E-state index is 9.21. The van der Waals surface area contributed by atoms with Crippen molar-refractivity contribution >= 4 is 33.1 Å². The molecule has 0 aliphatic heterocycles. The van der Waals surface area contributed by atoms with Crippen LogP contribution in [0.2, 0.25) is 0 Å². The number of para-hydroxylation sites is 1. The van der Waals surface area contributed by atoms with Crippen LogP contribution in [0.15, 0.2) is 47.5 Å². The molecule has 98 valence electrons. The average molecular weight is 328 g/mol. The first-order valence-corrected chi connectivity index (χ1v) is 6.72. The van der Waals surface area contributed by atoms with Gasteiger partial charge in [-0.1, -0.05) is 12.1 Å². The molecule has 0 unspecified atom stereocenters. The average Bonchev–Trinajstić information content (AvgIpc) is 2.93. The summed E-state index contributed by atoms with van der Waals surface area (Å²) in [5, 5.41) is 9.21. The number of hydrogen-bond acceptors (Lipinski definition) is 4. The SMILES string of the molecule is CN(c1ccccc1C#N)c1nc(Br)cn2ccnc12. The molecule has 0 saturated carbocycles. The van der Waals surface area contributed by atoms with Gasteiger partial charge < -0.3 is 9.30 Å².